The Bertz CT molecular complexity index is 382. The molecule has 0 saturated carbocycles. The molecule has 0 aliphatic rings. The molecule has 0 heterocycles. The first-order valence-corrected chi connectivity index (χ1v) is 4.05. The second-order valence-electron chi connectivity index (χ2n) is 2.87. The third-order valence-electron chi connectivity index (χ3n) is 1.87. The van der Waals surface area contributed by atoms with Crippen LogP contribution >= 0.6 is 0 Å². The van der Waals surface area contributed by atoms with Gasteiger partial charge < -0.3 is 9.84 Å². The van der Waals surface area contributed by atoms with Gasteiger partial charge in [-0.15, -0.1) is 0 Å². The van der Waals surface area contributed by atoms with Crippen molar-refractivity contribution in [3.05, 3.63) is 29.1 Å². The summed E-state index contributed by atoms with van der Waals surface area (Å²) in [5, 5.41) is 17.9. The zero-order valence-electron chi connectivity index (χ0n) is 7.91. The minimum absolute atomic E-state index is 0.0862. The molecule has 0 saturated heterocycles. The molecule has 0 spiro atoms. The molecule has 0 aliphatic heterocycles. The summed E-state index contributed by atoms with van der Waals surface area (Å²) in [7, 11) is 1.29. The normalized spacial score (nSPS) is 11.9. The number of nitriles is 1. The topological polar surface area (TPSA) is 53.2 Å². The molecular formula is C10H10FNO2. The lowest BCUT2D eigenvalue weighted by Crippen LogP contribution is -1.98. The number of methoxy groups -OCH3 is 1. The van der Waals surface area contributed by atoms with Gasteiger partial charge in [-0.3, -0.25) is 0 Å². The van der Waals surface area contributed by atoms with Gasteiger partial charge in [0.05, 0.1) is 18.8 Å². The maximum Gasteiger partial charge on any atom is 0.172 e. The third kappa shape index (κ3) is 1.83. The average molecular weight is 195 g/mol. The van der Waals surface area contributed by atoms with Crippen molar-refractivity contribution in [1.29, 1.82) is 5.26 Å². The largest absolute Gasteiger partial charge is 0.492 e. The first-order valence-electron chi connectivity index (χ1n) is 4.05. The number of hydrogen-bond acceptors (Lipinski definition) is 3. The van der Waals surface area contributed by atoms with E-state index in [-0.39, 0.29) is 11.3 Å². The summed E-state index contributed by atoms with van der Waals surface area (Å²) in [6, 6.07) is 4.37. The van der Waals surface area contributed by atoms with E-state index in [2.05, 4.69) is 0 Å². The number of ether oxygens (including phenoxy) is 1. The lowest BCUT2D eigenvalue weighted by Gasteiger charge is -2.09. The minimum Gasteiger partial charge on any atom is -0.492 e. The highest BCUT2D eigenvalue weighted by Crippen LogP contribution is 2.26. The Labute approximate surface area is 81.4 Å². The van der Waals surface area contributed by atoms with E-state index in [0.717, 1.165) is 6.07 Å². The number of benzene rings is 1. The second-order valence-corrected chi connectivity index (χ2v) is 2.87. The summed E-state index contributed by atoms with van der Waals surface area (Å²) >= 11 is 0. The SMILES string of the molecule is COc1c(F)cc(C(C)O)cc1C#N. The van der Waals surface area contributed by atoms with Crippen LogP contribution in [0.3, 0.4) is 0 Å². The molecule has 0 radical (unpaired) electrons. The fourth-order valence-corrected chi connectivity index (χ4v) is 1.15. The van der Waals surface area contributed by atoms with Gasteiger partial charge in [0.2, 0.25) is 0 Å². The predicted molar refractivity (Wildman–Crippen MR) is 48.3 cm³/mol. The van der Waals surface area contributed by atoms with Crippen LogP contribution in [0.1, 0.15) is 24.2 Å². The van der Waals surface area contributed by atoms with Gasteiger partial charge in [0.15, 0.2) is 11.6 Å². The van der Waals surface area contributed by atoms with Gasteiger partial charge in [0, 0.05) is 0 Å². The quantitative estimate of drug-likeness (QED) is 0.782. The number of rotatable bonds is 2. The smallest absolute Gasteiger partial charge is 0.172 e. The second kappa shape index (κ2) is 4.07. The standard InChI is InChI=1S/C10H10FNO2/c1-6(13)7-3-8(5-12)10(14-2)9(11)4-7/h3-4,6,13H,1-2H3. The number of halogens is 1. The van der Waals surface area contributed by atoms with Crippen LogP contribution in [0.15, 0.2) is 12.1 Å². The monoisotopic (exact) mass is 195 g/mol. The van der Waals surface area contributed by atoms with E-state index in [1.807, 2.05) is 0 Å². The Morgan fingerprint density at radius 1 is 1.57 bits per heavy atom. The maximum atomic E-state index is 13.3. The van der Waals surface area contributed by atoms with Gasteiger partial charge in [-0.2, -0.15) is 5.26 Å². The van der Waals surface area contributed by atoms with Crippen LogP contribution in [-0.2, 0) is 0 Å². The van der Waals surface area contributed by atoms with E-state index in [1.54, 1.807) is 6.07 Å². The fourth-order valence-electron chi connectivity index (χ4n) is 1.15. The maximum absolute atomic E-state index is 13.3. The van der Waals surface area contributed by atoms with E-state index in [4.69, 9.17) is 10.00 Å². The lowest BCUT2D eigenvalue weighted by atomic mass is 10.1. The summed E-state index contributed by atoms with van der Waals surface area (Å²) in [6.45, 7) is 1.50. The highest BCUT2D eigenvalue weighted by molar-refractivity contribution is 5.46. The molecule has 1 N–H and O–H groups in total. The Kier molecular flexibility index (Phi) is 3.05. The lowest BCUT2D eigenvalue weighted by molar-refractivity contribution is 0.198. The molecule has 1 unspecified atom stereocenters. The van der Waals surface area contributed by atoms with Crippen molar-refractivity contribution >= 4 is 0 Å². The molecule has 74 valence electrons. The van der Waals surface area contributed by atoms with Crippen molar-refractivity contribution < 1.29 is 14.2 Å². The van der Waals surface area contributed by atoms with Crippen molar-refractivity contribution in [2.75, 3.05) is 7.11 Å². The van der Waals surface area contributed by atoms with Crippen molar-refractivity contribution in [1.82, 2.24) is 0 Å². The summed E-state index contributed by atoms with van der Waals surface area (Å²) in [5.74, 6) is -0.723. The molecule has 3 nitrogen and oxygen atoms in total. The van der Waals surface area contributed by atoms with Crippen molar-refractivity contribution in [2.45, 2.75) is 13.0 Å². The molecule has 0 amide bonds. The van der Waals surface area contributed by atoms with E-state index >= 15 is 0 Å². The van der Waals surface area contributed by atoms with Crippen LogP contribution in [-0.4, -0.2) is 12.2 Å². The summed E-state index contributed by atoms with van der Waals surface area (Å²) in [6.07, 6.45) is -0.803. The van der Waals surface area contributed by atoms with E-state index in [9.17, 15) is 9.50 Å². The Balaban J connectivity index is 3.33. The van der Waals surface area contributed by atoms with Gasteiger partial charge >= 0.3 is 0 Å². The highest BCUT2D eigenvalue weighted by atomic mass is 19.1. The van der Waals surface area contributed by atoms with Crippen LogP contribution in [0.4, 0.5) is 4.39 Å². The third-order valence-corrected chi connectivity index (χ3v) is 1.87. The number of nitrogens with zero attached hydrogens (tertiary/aromatic N) is 1. The van der Waals surface area contributed by atoms with E-state index in [1.165, 1.54) is 20.1 Å². The van der Waals surface area contributed by atoms with E-state index < -0.39 is 11.9 Å². The number of aliphatic hydroxyl groups is 1. The molecule has 0 bridgehead atoms. The van der Waals surface area contributed by atoms with Gasteiger partial charge in [-0.25, -0.2) is 4.39 Å². The predicted octanol–water partition coefficient (Wildman–Crippen LogP) is 1.76. The molecule has 1 rings (SSSR count). The van der Waals surface area contributed by atoms with Gasteiger partial charge in [0.1, 0.15) is 6.07 Å². The fraction of sp³-hybridized carbons (Fsp3) is 0.300. The highest BCUT2D eigenvalue weighted by Gasteiger charge is 2.13. The van der Waals surface area contributed by atoms with Crippen LogP contribution < -0.4 is 4.74 Å². The molecular weight excluding hydrogens is 185 g/mol. The van der Waals surface area contributed by atoms with Gasteiger partial charge in [-0.1, -0.05) is 0 Å². The Hall–Kier alpha value is -1.60. The Morgan fingerprint density at radius 2 is 2.21 bits per heavy atom. The van der Waals surface area contributed by atoms with Crippen LogP contribution in [0.2, 0.25) is 0 Å². The number of hydrogen-bond donors (Lipinski definition) is 1. The van der Waals surface area contributed by atoms with E-state index in [0.29, 0.717) is 5.56 Å². The molecule has 14 heavy (non-hydrogen) atoms. The zero-order valence-corrected chi connectivity index (χ0v) is 7.91. The van der Waals surface area contributed by atoms with Gasteiger partial charge in [-0.05, 0) is 24.6 Å². The summed E-state index contributed by atoms with van der Waals surface area (Å²) in [5.41, 5.74) is 0.447. The summed E-state index contributed by atoms with van der Waals surface area (Å²) in [4.78, 5) is 0. The molecule has 0 aliphatic carbocycles. The molecule has 1 atom stereocenters. The number of aliphatic hydroxyl groups excluding tert-OH is 1. The van der Waals surface area contributed by atoms with Gasteiger partial charge in [0.25, 0.3) is 0 Å². The zero-order chi connectivity index (χ0) is 10.7. The van der Waals surface area contributed by atoms with Crippen molar-refractivity contribution in [2.24, 2.45) is 0 Å². The summed E-state index contributed by atoms with van der Waals surface area (Å²) < 4.78 is 18.0. The minimum atomic E-state index is -0.803. The molecule has 1 aromatic carbocycles. The van der Waals surface area contributed by atoms with Crippen LogP contribution in [0, 0.1) is 17.1 Å². The first-order chi connectivity index (χ1) is 6.60. The van der Waals surface area contributed by atoms with Crippen molar-refractivity contribution in [3.8, 4) is 11.8 Å². The molecule has 0 aromatic heterocycles. The first kappa shape index (κ1) is 10.5. The van der Waals surface area contributed by atoms with Crippen molar-refractivity contribution in [3.63, 3.8) is 0 Å². The average Bonchev–Trinajstić information content (AvgIpc) is 2.16. The Morgan fingerprint density at radius 3 is 2.64 bits per heavy atom. The molecule has 4 heteroatoms. The van der Waals surface area contributed by atoms with Crippen LogP contribution in [0.5, 0.6) is 5.75 Å². The molecule has 1 aromatic rings. The molecule has 0 fully saturated rings. The van der Waals surface area contributed by atoms with Crippen LogP contribution in [0.25, 0.3) is 0 Å².